The Kier molecular flexibility index (Phi) is 4.87. The van der Waals surface area contributed by atoms with Crippen molar-refractivity contribution in [1.29, 1.82) is 0 Å². The Bertz CT molecular complexity index is 492. The molecule has 1 N–H and O–H groups in total. The van der Waals surface area contributed by atoms with Crippen LogP contribution in [-0.2, 0) is 11.3 Å². The highest BCUT2D eigenvalue weighted by atomic mass is 79.9. The highest BCUT2D eigenvalue weighted by Crippen LogP contribution is 2.34. The van der Waals surface area contributed by atoms with Crippen molar-refractivity contribution in [3.63, 3.8) is 0 Å². The molecule has 0 aromatic heterocycles. The molecule has 0 amide bonds. The molecule has 1 aromatic rings. The molecular formula is C17H25BrN2O. The average Bonchev–Trinajstić information content (AvgIpc) is 2.94. The Morgan fingerprint density at radius 2 is 2.24 bits per heavy atom. The monoisotopic (exact) mass is 352 g/mol. The summed E-state index contributed by atoms with van der Waals surface area (Å²) in [6.07, 6.45) is 4.22. The van der Waals surface area contributed by atoms with Crippen LogP contribution in [0.25, 0.3) is 0 Å². The number of benzene rings is 1. The van der Waals surface area contributed by atoms with Crippen LogP contribution in [0.4, 0.5) is 5.69 Å². The first-order chi connectivity index (χ1) is 10.1. The van der Waals surface area contributed by atoms with E-state index in [2.05, 4.69) is 58.2 Å². The van der Waals surface area contributed by atoms with Crippen molar-refractivity contribution in [1.82, 2.24) is 5.32 Å². The second kappa shape index (κ2) is 6.67. The van der Waals surface area contributed by atoms with Gasteiger partial charge in [-0.25, -0.2) is 0 Å². The number of morpholine rings is 1. The van der Waals surface area contributed by atoms with Crippen LogP contribution < -0.4 is 10.2 Å². The number of halogens is 1. The first kappa shape index (κ1) is 15.3. The van der Waals surface area contributed by atoms with E-state index in [-0.39, 0.29) is 0 Å². The van der Waals surface area contributed by atoms with Gasteiger partial charge in [-0.05, 0) is 37.0 Å². The molecule has 0 bridgehead atoms. The summed E-state index contributed by atoms with van der Waals surface area (Å²) in [6, 6.07) is 7.87. The molecule has 116 valence electrons. The zero-order valence-electron chi connectivity index (χ0n) is 12.9. The third-order valence-corrected chi connectivity index (χ3v) is 5.29. The average molecular weight is 353 g/mol. The third kappa shape index (κ3) is 3.43. The summed E-state index contributed by atoms with van der Waals surface area (Å²) in [5.74, 6) is 0. The molecule has 2 atom stereocenters. The largest absolute Gasteiger partial charge is 0.374 e. The van der Waals surface area contributed by atoms with E-state index in [4.69, 9.17) is 4.74 Å². The Morgan fingerprint density at radius 3 is 3.00 bits per heavy atom. The molecule has 3 nitrogen and oxygen atoms in total. The van der Waals surface area contributed by atoms with Crippen LogP contribution >= 0.6 is 15.9 Å². The summed E-state index contributed by atoms with van der Waals surface area (Å²) >= 11 is 3.74. The van der Waals surface area contributed by atoms with E-state index in [1.807, 2.05) is 0 Å². The van der Waals surface area contributed by atoms with E-state index in [0.717, 1.165) is 19.7 Å². The molecule has 2 aliphatic rings. The van der Waals surface area contributed by atoms with Gasteiger partial charge in [-0.15, -0.1) is 0 Å². The number of rotatable bonds is 4. The summed E-state index contributed by atoms with van der Waals surface area (Å²) in [5.41, 5.74) is 2.65. The molecule has 2 fully saturated rings. The van der Waals surface area contributed by atoms with E-state index in [1.165, 1.54) is 35.0 Å². The van der Waals surface area contributed by atoms with Gasteiger partial charge in [0, 0.05) is 29.3 Å². The van der Waals surface area contributed by atoms with Gasteiger partial charge in [0.15, 0.2) is 0 Å². The minimum atomic E-state index is 0.444. The maximum absolute atomic E-state index is 5.91. The first-order valence-electron chi connectivity index (χ1n) is 8.05. The van der Waals surface area contributed by atoms with Gasteiger partial charge in [-0.3, -0.25) is 0 Å². The van der Waals surface area contributed by atoms with Crippen molar-refractivity contribution in [2.45, 2.75) is 57.8 Å². The van der Waals surface area contributed by atoms with Crippen LogP contribution in [-0.4, -0.2) is 31.3 Å². The van der Waals surface area contributed by atoms with E-state index in [9.17, 15) is 0 Å². The van der Waals surface area contributed by atoms with Gasteiger partial charge in [0.1, 0.15) is 0 Å². The van der Waals surface area contributed by atoms with Gasteiger partial charge in [0.05, 0.1) is 18.8 Å². The number of ether oxygens (including phenoxy) is 1. The predicted molar refractivity (Wildman–Crippen MR) is 90.8 cm³/mol. The smallest absolute Gasteiger partial charge is 0.0779 e. The molecule has 1 saturated carbocycles. The van der Waals surface area contributed by atoms with Crippen molar-refractivity contribution >= 4 is 21.6 Å². The van der Waals surface area contributed by atoms with Crippen LogP contribution in [0, 0.1) is 0 Å². The normalized spacial score (nSPS) is 25.4. The van der Waals surface area contributed by atoms with Crippen molar-refractivity contribution in [3.8, 4) is 0 Å². The van der Waals surface area contributed by atoms with Crippen molar-refractivity contribution in [2.24, 2.45) is 0 Å². The van der Waals surface area contributed by atoms with Crippen molar-refractivity contribution < 1.29 is 4.74 Å². The number of nitrogens with zero attached hydrogens (tertiary/aromatic N) is 1. The Labute approximate surface area is 136 Å². The zero-order valence-corrected chi connectivity index (χ0v) is 14.5. The standard InChI is InChI=1S/C17H25BrN2O/c1-12(2)19-11-13-6-7-14(10-15(13)18)20-8-9-21-17-5-3-4-16(17)20/h6-7,10,12,16-17,19H,3-5,8-9,11H2,1-2H3. The molecule has 21 heavy (non-hydrogen) atoms. The Balaban J connectivity index is 1.75. The quantitative estimate of drug-likeness (QED) is 0.893. The molecule has 1 heterocycles. The zero-order chi connectivity index (χ0) is 14.8. The first-order valence-corrected chi connectivity index (χ1v) is 8.84. The molecule has 0 radical (unpaired) electrons. The van der Waals surface area contributed by atoms with Gasteiger partial charge in [-0.1, -0.05) is 35.8 Å². The summed E-state index contributed by atoms with van der Waals surface area (Å²) in [5, 5.41) is 3.48. The third-order valence-electron chi connectivity index (χ3n) is 4.55. The highest BCUT2D eigenvalue weighted by Gasteiger charge is 2.36. The van der Waals surface area contributed by atoms with Crippen molar-refractivity contribution in [3.05, 3.63) is 28.2 Å². The molecule has 1 aliphatic carbocycles. The van der Waals surface area contributed by atoms with E-state index in [0.29, 0.717) is 18.2 Å². The maximum atomic E-state index is 5.91. The van der Waals surface area contributed by atoms with Crippen LogP contribution in [0.5, 0.6) is 0 Å². The van der Waals surface area contributed by atoms with Gasteiger partial charge in [0.2, 0.25) is 0 Å². The predicted octanol–water partition coefficient (Wildman–Crippen LogP) is 3.70. The lowest BCUT2D eigenvalue weighted by atomic mass is 10.1. The van der Waals surface area contributed by atoms with E-state index in [1.54, 1.807) is 0 Å². The van der Waals surface area contributed by atoms with Gasteiger partial charge < -0.3 is 15.0 Å². The number of hydrogen-bond acceptors (Lipinski definition) is 3. The molecule has 2 unspecified atom stereocenters. The van der Waals surface area contributed by atoms with Crippen LogP contribution in [0.15, 0.2) is 22.7 Å². The molecular weight excluding hydrogens is 328 g/mol. The van der Waals surface area contributed by atoms with E-state index >= 15 is 0 Å². The minimum Gasteiger partial charge on any atom is -0.374 e. The molecule has 1 aromatic carbocycles. The molecule has 1 aliphatic heterocycles. The highest BCUT2D eigenvalue weighted by molar-refractivity contribution is 9.10. The van der Waals surface area contributed by atoms with Crippen molar-refractivity contribution in [2.75, 3.05) is 18.1 Å². The lowest BCUT2D eigenvalue weighted by Gasteiger charge is -2.39. The van der Waals surface area contributed by atoms with Gasteiger partial charge >= 0.3 is 0 Å². The fourth-order valence-electron chi connectivity index (χ4n) is 3.42. The Morgan fingerprint density at radius 1 is 1.38 bits per heavy atom. The molecule has 4 heteroatoms. The number of hydrogen-bond donors (Lipinski definition) is 1. The lowest BCUT2D eigenvalue weighted by Crippen LogP contribution is -2.48. The SMILES string of the molecule is CC(C)NCc1ccc(N2CCOC3CCCC32)cc1Br. The number of anilines is 1. The molecule has 3 rings (SSSR count). The topological polar surface area (TPSA) is 24.5 Å². The summed E-state index contributed by atoms with van der Waals surface area (Å²) in [6.45, 7) is 7.13. The summed E-state index contributed by atoms with van der Waals surface area (Å²) < 4.78 is 7.11. The fraction of sp³-hybridized carbons (Fsp3) is 0.647. The summed E-state index contributed by atoms with van der Waals surface area (Å²) in [4.78, 5) is 2.55. The number of nitrogens with one attached hydrogen (secondary N) is 1. The van der Waals surface area contributed by atoms with Gasteiger partial charge in [-0.2, -0.15) is 0 Å². The minimum absolute atomic E-state index is 0.444. The Hall–Kier alpha value is -0.580. The summed E-state index contributed by atoms with van der Waals surface area (Å²) in [7, 11) is 0. The van der Waals surface area contributed by atoms with E-state index < -0.39 is 0 Å². The number of fused-ring (bicyclic) bond motifs is 1. The van der Waals surface area contributed by atoms with Crippen LogP contribution in [0.1, 0.15) is 38.7 Å². The van der Waals surface area contributed by atoms with Crippen LogP contribution in [0.2, 0.25) is 0 Å². The fourth-order valence-corrected chi connectivity index (χ4v) is 3.93. The second-order valence-electron chi connectivity index (χ2n) is 6.41. The van der Waals surface area contributed by atoms with Crippen LogP contribution in [0.3, 0.4) is 0 Å². The lowest BCUT2D eigenvalue weighted by molar-refractivity contribution is 0.0256. The second-order valence-corrected chi connectivity index (χ2v) is 7.27. The van der Waals surface area contributed by atoms with Gasteiger partial charge in [0.25, 0.3) is 0 Å². The molecule has 1 saturated heterocycles. The maximum Gasteiger partial charge on any atom is 0.0779 e. The molecule has 0 spiro atoms.